The number of anilines is 3. The van der Waals surface area contributed by atoms with Crippen LogP contribution in [0.3, 0.4) is 0 Å². The van der Waals surface area contributed by atoms with Crippen molar-refractivity contribution in [3.8, 4) is 0 Å². The summed E-state index contributed by atoms with van der Waals surface area (Å²) in [6.07, 6.45) is 1.55. The van der Waals surface area contributed by atoms with E-state index in [0.717, 1.165) is 12.2 Å². The SMILES string of the molecule is CCNc1ncc(Cl)c(Nc2cc(C)[nH]n2)n1. The number of aromatic nitrogens is 4. The second kappa shape index (κ2) is 5.01. The maximum atomic E-state index is 6.00. The molecule has 0 amide bonds. The van der Waals surface area contributed by atoms with E-state index in [1.54, 1.807) is 6.20 Å². The summed E-state index contributed by atoms with van der Waals surface area (Å²) in [5, 5.41) is 13.4. The van der Waals surface area contributed by atoms with Gasteiger partial charge < -0.3 is 10.6 Å². The Morgan fingerprint density at radius 2 is 2.29 bits per heavy atom. The van der Waals surface area contributed by atoms with Crippen molar-refractivity contribution >= 4 is 29.2 Å². The first-order chi connectivity index (χ1) is 8.19. The highest BCUT2D eigenvalue weighted by Gasteiger charge is 2.06. The highest BCUT2D eigenvalue weighted by atomic mass is 35.5. The van der Waals surface area contributed by atoms with Gasteiger partial charge >= 0.3 is 0 Å². The monoisotopic (exact) mass is 252 g/mol. The maximum Gasteiger partial charge on any atom is 0.224 e. The molecule has 0 fully saturated rings. The number of rotatable bonds is 4. The van der Waals surface area contributed by atoms with Gasteiger partial charge in [0.25, 0.3) is 0 Å². The molecular weight excluding hydrogens is 240 g/mol. The van der Waals surface area contributed by atoms with Gasteiger partial charge in [-0.1, -0.05) is 11.6 Å². The Kier molecular flexibility index (Phi) is 3.43. The summed E-state index contributed by atoms with van der Waals surface area (Å²) in [4.78, 5) is 8.30. The average Bonchev–Trinajstić information content (AvgIpc) is 2.69. The van der Waals surface area contributed by atoms with E-state index in [9.17, 15) is 0 Å². The minimum atomic E-state index is 0.451. The second-order valence-electron chi connectivity index (χ2n) is 3.48. The van der Waals surface area contributed by atoms with Crippen LogP contribution in [-0.2, 0) is 0 Å². The largest absolute Gasteiger partial charge is 0.354 e. The fraction of sp³-hybridized carbons (Fsp3) is 0.300. The third-order valence-electron chi connectivity index (χ3n) is 2.03. The highest BCUT2D eigenvalue weighted by Crippen LogP contribution is 2.22. The van der Waals surface area contributed by atoms with E-state index < -0.39 is 0 Å². The molecule has 2 rings (SSSR count). The molecule has 0 saturated carbocycles. The van der Waals surface area contributed by atoms with Gasteiger partial charge in [-0.15, -0.1) is 0 Å². The van der Waals surface area contributed by atoms with Gasteiger partial charge in [0, 0.05) is 18.3 Å². The lowest BCUT2D eigenvalue weighted by Crippen LogP contribution is -2.04. The van der Waals surface area contributed by atoms with Gasteiger partial charge in [0.15, 0.2) is 11.6 Å². The number of nitrogens with zero attached hydrogens (tertiary/aromatic N) is 3. The molecule has 0 aliphatic carbocycles. The van der Waals surface area contributed by atoms with Gasteiger partial charge in [-0.25, -0.2) is 4.98 Å². The van der Waals surface area contributed by atoms with Crippen LogP contribution in [0.5, 0.6) is 0 Å². The van der Waals surface area contributed by atoms with Crippen LogP contribution >= 0.6 is 11.6 Å². The molecule has 2 heterocycles. The number of aromatic amines is 1. The fourth-order valence-electron chi connectivity index (χ4n) is 1.30. The first-order valence-corrected chi connectivity index (χ1v) is 5.62. The molecule has 2 aromatic heterocycles. The van der Waals surface area contributed by atoms with E-state index in [4.69, 9.17) is 11.6 Å². The summed E-state index contributed by atoms with van der Waals surface area (Å²) >= 11 is 6.00. The Hall–Kier alpha value is -1.82. The molecule has 90 valence electrons. The maximum absolute atomic E-state index is 6.00. The number of nitrogens with one attached hydrogen (secondary N) is 3. The zero-order chi connectivity index (χ0) is 12.3. The van der Waals surface area contributed by atoms with Crippen molar-refractivity contribution < 1.29 is 0 Å². The molecule has 17 heavy (non-hydrogen) atoms. The lowest BCUT2D eigenvalue weighted by atomic mass is 10.4. The smallest absolute Gasteiger partial charge is 0.224 e. The van der Waals surface area contributed by atoms with E-state index in [2.05, 4.69) is 30.8 Å². The van der Waals surface area contributed by atoms with E-state index in [1.165, 1.54) is 0 Å². The Morgan fingerprint density at radius 3 is 2.94 bits per heavy atom. The van der Waals surface area contributed by atoms with Crippen LogP contribution in [0.4, 0.5) is 17.6 Å². The Balaban J connectivity index is 2.22. The molecule has 7 heteroatoms. The molecular formula is C10H13ClN6. The minimum absolute atomic E-state index is 0.451. The number of halogens is 1. The number of aryl methyl sites for hydroxylation is 1. The summed E-state index contributed by atoms with van der Waals surface area (Å²) in [7, 11) is 0. The predicted molar refractivity (Wildman–Crippen MR) is 67.8 cm³/mol. The van der Waals surface area contributed by atoms with Gasteiger partial charge in [0.2, 0.25) is 5.95 Å². The van der Waals surface area contributed by atoms with E-state index in [0.29, 0.717) is 22.6 Å². The Labute approximate surface area is 104 Å². The molecule has 0 bridgehead atoms. The topological polar surface area (TPSA) is 78.5 Å². The zero-order valence-corrected chi connectivity index (χ0v) is 10.3. The van der Waals surface area contributed by atoms with Gasteiger partial charge in [0.1, 0.15) is 5.02 Å². The molecule has 0 radical (unpaired) electrons. The standard InChI is InChI=1S/C10H13ClN6/c1-3-12-10-13-5-7(11)9(15-10)14-8-4-6(2)16-17-8/h4-5H,3H2,1-2H3,(H3,12,13,14,15,16,17). The summed E-state index contributed by atoms with van der Waals surface area (Å²) in [5.74, 6) is 1.74. The van der Waals surface area contributed by atoms with Crippen molar-refractivity contribution in [2.45, 2.75) is 13.8 Å². The fourth-order valence-corrected chi connectivity index (χ4v) is 1.44. The zero-order valence-electron chi connectivity index (χ0n) is 9.58. The van der Waals surface area contributed by atoms with E-state index in [-0.39, 0.29) is 0 Å². The van der Waals surface area contributed by atoms with Gasteiger partial charge in [-0.3, -0.25) is 5.10 Å². The van der Waals surface area contributed by atoms with Crippen LogP contribution in [0.2, 0.25) is 5.02 Å². The molecule has 2 aromatic rings. The summed E-state index contributed by atoms with van der Waals surface area (Å²) in [6.45, 7) is 4.65. The number of hydrogen-bond acceptors (Lipinski definition) is 5. The van der Waals surface area contributed by atoms with Gasteiger partial charge in [0.05, 0.1) is 6.20 Å². The molecule has 6 nitrogen and oxygen atoms in total. The van der Waals surface area contributed by atoms with Crippen LogP contribution < -0.4 is 10.6 Å². The van der Waals surface area contributed by atoms with E-state index in [1.807, 2.05) is 19.9 Å². The Bertz CT molecular complexity index is 509. The molecule has 0 aliphatic rings. The quantitative estimate of drug-likeness (QED) is 0.778. The van der Waals surface area contributed by atoms with Crippen LogP contribution in [-0.4, -0.2) is 26.7 Å². The van der Waals surface area contributed by atoms with E-state index >= 15 is 0 Å². The van der Waals surface area contributed by atoms with Crippen LogP contribution in [0.25, 0.3) is 0 Å². The molecule has 0 atom stereocenters. The van der Waals surface area contributed by atoms with Crippen molar-refractivity contribution in [2.24, 2.45) is 0 Å². The third kappa shape index (κ3) is 2.85. The van der Waals surface area contributed by atoms with Crippen LogP contribution in [0.15, 0.2) is 12.3 Å². The van der Waals surface area contributed by atoms with Crippen molar-refractivity contribution in [3.63, 3.8) is 0 Å². The lowest BCUT2D eigenvalue weighted by molar-refractivity contribution is 1.04. The summed E-state index contributed by atoms with van der Waals surface area (Å²) < 4.78 is 0. The number of H-pyrrole nitrogens is 1. The minimum Gasteiger partial charge on any atom is -0.354 e. The lowest BCUT2D eigenvalue weighted by Gasteiger charge is -2.06. The van der Waals surface area contributed by atoms with Crippen LogP contribution in [0, 0.1) is 6.92 Å². The van der Waals surface area contributed by atoms with Gasteiger partial charge in [-0.2, -0.15) is 10.1 Å². The van der Waals surface area contributed by atoms with Crippen molar-refractivity contribution in [2.75, 3.05) is 17.2 Å². The molecule has 3 N–H and O–H groups in total. The molecule has 0 spiro atoms. The first-order valence-electron chi connectivity index (χ1n) is 5.24. The van der Waals surface area contributed by atoms with Crippen molar-refractivity contribution in [3.05, 3.63) is 23.0 Å². The normalized spacial score (nSPS) is 10.3. The van der Waals surface area contributed by atoms with Crippen molar-refractivity contribution in [1.82, 2.24) is 20.2 Å². The summed E-state index contributed by atoms with van der Waals surface area (Å²) in [5.41, 5.74) is 0.963. The molecule has 0 unspecified atom stereocenters. The third-order valence-corrected chi connectivity index (χ3v) is 2.31. The molecule has 0 aliphatic heterocycles. The van der Waals surface area contributed by atoms with Gasteiger partial charge in [-0.05, 0) is 13.8 Å². The van der Waals surface area contributed by atoms with Crippen LogP contribution in [0.1, 0.15) is 12.6 Å². The predicted octanol–water partition coefficient (Wildman–Crippen LogP) is 2.34. The molecule has 0 aromatic carbocycles. The van der Waals surface area contributed by atoms with Crippen molar-refractivity contribution in [1.29, 1.82) is 0 Å². The Morgan fingerprint density at radius 1 is 1.47 bits per heavy atom. The highest BCUT2D eigenvalue weighted by molar-refractivity contribution is 6.32. The first kappa shape index (κ1) is 11.7. The molecule has 0 saturated heterocycles. The summed E-state index contributed by atoms with van der Waals surface area (Å²) in [6, 6.07) is 1.87. The second-order valence-corrected chi connectivity index (χ2v) is 3.89. The number of hydrogen-bond donors (Lipinski definition) is 3. The average molecular weight is 253 g/mol.